The second kappa shape index (κ2) is 8.47. The van der Waals surface area contributed by atoms with Gasteiger partial charge < -0.3 is 5.32 Å². The number of halogens is 2. The van der Waals surface area contributed by atoms with Crippen LogP contribution in [0.15, 0.2) is 42.5 Å². The minimum Gasteiger partial charge on any atom is -0.324 e. The van der Waals surface area contributed by atoms with Crippen LogP contribution in [-0.2, 0) is 14.8 Å². The van der Waals surface area contributed by atoms with Crippen molar-refractivity contribution >= 4 is 27.3 Å². The van der Waals surface area contributed by atoms with Gasteiger partial charge in [0, 0.05) is 19.0 Å². The average molecular weight is 396 g/mol. The third-order valence-electron chi connectivity index (χ3n) is 4.00. The molecule has 8 heteroatoms. The number of amides is 1. The summed E-state index contributed by atoms with van der Waals surface area (Å²) >= 11 is 0. The quantitative estimate of drug-likeness (QED) is 0.772. The van der Waals surface area contributed by atoms with Crippen molar-refractivity contribution in [3.8, 4) is 0 Å². The van der Waals surface area contributed by atoms with Crippen LogP contribution in [0.1, 0.15) is 31.7 Å². The number of benzene rings is 2. The number of anilines is 2. The van der Waals surface area contributed by atoms with Gasteiger partial charge in [0.25, 0.3) is 0 Å². The molecule has 0 spiro atoms. The highest BCUT2D eigenvalue weighted by Gasteiger charge is 2.19. The molecule has 2 aromatic rings. The van der Waals surface area contributed by atoms with Crippen LogP contribution in [0.2, 0.25) is 0 Å². The topological polar surface area (TPSA) is 66.5 Å². The second-order valence-corrected chi connectivity index (χ2v) is 8.41. The number of nitrogens with zero attached hydrogens (tertiary/aromatic N) is 1. The van der Waals surface area contributed by atoms with Gasteiger partial charge in [-0.3, -0.25) is 9.10 Å². The Morgan fingerprint density at radius 2 is 1.74 bits per heavy atom. The predicted molar refractivity (Wildman–Crippen MR) is 102 cm³/mol. The van der Waals surface area contributed by atoms with Crippen molar-refractivity contribution in [2.24, 2.45) is 0 Å². The monoisotopic (exact) mass is 396 g/mol. The largest absolute Gasteiger partial charge is 0.324 e. The lowest BCUT2D eigenvalue weighted by molar-refractivity contribution is -0.116. The van der Waals surface area contributed by atoms with Crippen molar-refractivity contribution in [2.45, 2.75) is 26.2 Å². The summed E-state index contributed by atoms with van der Waals surface area (Å²) in [5.41, 5.74) is 1.35. The third-order valence-corrected chi connectivity index (χ3v) is 5.19. The van der Waals surface area contributed by atoms with Gasteiger partial charge in [-0.2, -0.15) is 0 Å². The van der Waals surface area contributed by atoms with Gasteiger partial charge in [0.15, 0.2) is 0 Å². The molecule has 0 fully saturated rings. The van der Waals surface area contributed by atoms with Gasteiger partial charge in [-0.1, -0.05) is 26.0 Å². The number of nitrogens with one attached hydrogen (secondary N) is 1. The molecule has 0 saturated carbocycles. The van der Waals surface area contributed by atoms with E-state index in [1.165, 1.54) is 0 Å². The zero-order valence-electron chi connectivity index (χ0n) is 15.4. The SMILES string of the molecule is CC(C)c1ccc(N(CCC(=O)Nc2ccc(F)cc2F)S(C)(=O)=O)cc1. The molecular formula is C19H22F2N2O3S. The molecule has 0 heterocycles. The fourth-order valence-corrected chi connectivity index (χ4v) is 3.45. The van der Waals surface area contributed by atoms with E-state index >= 15 is 0 Å². The van der Waals surface area contributed by atoms with Crippen LogP contribution < -0.4 is 9.62 Å². The fourth-order valence-electron chi connectivity index (χ4n) is 2.52. The molecule has 1 amide bonds. The minimum absolute atomic E-state index is 0.103. The highest BCUT2D eigenvalue weighted by atomic mass is 32.2. The maximum Gasteiger partial charge on any atom is 0.232 e. The average Bonchev–Trinajstić information content (AvgIpc) is 2.57. The molecule has 2 aromatic carbocycles. The zero-order chi connectivity index (χ0) is 20.2. The molecule has 27 heavy (non-hydrogen) atoms. The van der Waals surface area contributed by atoms with Gasteiger partial charge in [-0.05, 0) is 35.7 Å². The first kappa shape index (κ1) is 20.8. The van der Waals surface area contributed by atoms with Crippen LogP contribution in [-0.4, -0.2) is 27.1 Å². The van der Waals surface area contributed by atoms with Crippen LogP contribution in [0.4, 0.5) is 20.2 Å². The number of rotatable bonds is 7. The molecule has 5 nitrogen and oxygen atoms in total. The van der Waals surface area contributed by atoms with E-state index in [1.807, 2.05) is 26.0 Å². The van der Waals surface area contributed by atoms with E-state index in [1.54, 1.807) is 12.1 Å². The highest BCUT2D eigenvalue weighted by Crippen LogP contribution is 2.22. The maximum absolute atomic E-state index is 13.6. The smallest absolute Gasteiger partial charge is 0.232 e. The molecule has 0 aliphatic carbocycles. The Bertz CT molecular complexity index is 913. The van der Waals surface area contributed by atoms with E-state index in [0.717, 1.165) is 28.3 Å². The van der Waals surface area contributed by atoms with E-state index in [4.69, 9.17) is 0 Å². The van der Waals surface area contributed by atoms with Crippen molar-refractivity contribution in [1.29, 1.82) is 0 Å². The Kier molecular flexibility index (Phi) is 6.54. The number of carbonyl (C=O) groups is 1. The Balaban J connectivity index is 2.09. The van der Waals surface area contributed by atoms with Crippen LogP contribution >= 0.6 is 0 Å². The molecule has 2 rings (SSSR count). The molecule has 0 saturated heterocycles. The molecule has 0 aromatic heterocycles. The molecule has 0 unspecified atom stereocenters. The summed E-state index contributed by atoms with van der Waals surface area (Å²) in [6.07, 6.45) is 0.872. The summed E-state index contributed by atoms with van der Waals surface area (Å²) in [5, 5.41) is 2.32. The first-order chi connectivity index (χ1) is 12.6. The van der Waals surface area contributed by atoms with Gasteiger partial charge >= 0.3 is 0 Å². The summed E-state index contributed by atoms with van der Waals surface area (Å²) in [4.78, 5) is 12.1. The van der Waals surface area contributed by atoms with Crippen molar-refractivity contribution in [3.05, 3.63) is 59.7 Å². The molecule has 0 bridgehead atoms. The Morgan fingerprint density at radius 3 is 2.26 bits per heavy atom. The molecule has 0 atom stereocenters. The minimum atomic E-state index is -3.60. The van der Waals surface area contributed by atoms with Gasteiger partial charge in [0.1, 0.15) is 11.6 Å². The van der Waals surface area contributed by atoms with Crippen molar-refractivity contribution < 1.29 is 22.0 Å². The standard InChI is InChI=1S/C19H22F2N2O3S/c1-13(2)14-4-7-16(8-5-14)23(27(3,25)26)11-10-19(24)22-18-9-6-15(20)12-17(18)21/h4-9,12-13H,10-11H2,1-3H3,(H,22,24). The van der Waals surface area contributed by atoms with Crippen LogP contribution in [0.5, 0.6) is 0 Å². The summed E-state index contributed by atoms with van der Waals surface area (Å²) in [6, 6.07) is 9.86. The lowest BCUT2D eigenvalue weighted by atomic mass is 10.0. The van der Waals surface area contributed by atoms with E-state index < -0.39 is 27.6 Å². The molecule has 0 aliphatic rings. The van der Waals surface area contributed by atoms with Gasteiger partial charge in [-0.15, -0.1) is 0 Å². The Labute approximate surface area is 158 Å². The summed E-state index contributed by atoms with van der Waals surface area (Å²) in [5.74, 6) is -1.92. The van der Waals surface area contributed by atoms with Crippen molar-refractivity contribution in [1.82, 2.24) is 0 Å². The lowest BCUT2D eigenvalue weighted by Gasteiger charge is -2.22. The zero-order valence-corrected chi connectivity index (χ0v) is 16.2. The number of hydrogen-bond acceptors (Lipinski definition) is 3. The Morgan fingerprint density at radius 1 is 1.11 bits per heavy atom. The molecule has 1 N–H and O–H groups in total. The predicted octanol–water partition coefficient (Wildman–Crippen LogP) is 3.88. The maximum atomic E-state index is 13.6. The first-order valence-electron chi connectivity index (χ1n) is 8.40. The number of carbonyl (C=O) groups excluding carboxylic acids is 1. The fraction of sp³-hybridized carbons (Fsp3) is 0.316. The van der Waals surface area contributed by atoms with Gasteiger partial charge in [-0.25, -0.2) is 17.2 Å². The lowest BCUT2D eigenvalue weighted by Crippen LogP contribution is -2.33. The van der Waals surface area contributed by atoms with Crippen molar-refractivity contribution in [2.75, 3.05) is 22.4 Å². The number of hydrogen-bond donors (Lipinski definition) is 1. The van der Waals surface area contributed by atoms with Gasteiger partial charge in [0.2, 0.25) is 15.9 Å². The summed E-state index contributed by atoms with van der Waals surface area (Å²) < 4.78 is 51.8. The van der Waals surface area contributed by atoms with E-state index in [-0.39, 0.29) is 18.7 Å². The normalized spacial score (nSPS) is 11.5. The second-order valence-electron chi connectivity index (χ2n) is 6.50. The van der Waals surface area contributed by atoms with Crippen LogP contribution in [0, 0.1) is 11.6 Å². The van der Waals surface area contributed by atoms with E-state index in [2.05, 4.69) is 5.32 Å². The molecule has 0 aliphatic heterocycles. The summed E-state index contributed by atoms with van der Waals surface area (Å²) in [6.45, 7) is 3.96. The highest BCUT2D eigenvalue weighted by molar-refractivity contribution is 7.92. The Hall–Kier alpha value is -2.48. The van der Waals surface area contributed by atoms with E-state index in [9.17, 15) is 22.0 Å². The van der Waals surface area contributed by atoms with Gasteiger partial charge in [0.05, 0.1) is 17.6 Å². The number of sulfonamides is 1. The van der Waals surface area contributed by atoms with Crippen LogP contribution in [0.25, 0.3) is 0 Å². The summed E-state index contributed by atoms with van der Waals surface area (Å²) in [7, 11) is -3.60. The third kappa shape index (κ3) is 5.75. The molecular weight excluding hydrogens is 374 g/mol. The molecule has 0 radical (unpaired) electrons. The van der Waals surface area contributed by atoms with Crippen molar-refractivity contribution in [3.63, 3.8) is 0 Å². The molecule has 146 valence electrons. The first-order valence-corrected chi connectivity index (χ1v) is 10.3. The van der Waals surface area contributed by atoms with Crippen LogP contribution in [0.3, 0.4) is 0 Å². The van der Waals surface area contributed by atoms with E-state index in [0.29, 0.717) is 17.7 Å².